The summed E-state index contributed by atoms with van der Waals surface area (Å²) >= 11 is 0. The number of amides is 1. The second-order valence-corrected chi connectivity index (χ2v) is 10.7. The van der Waals surface area contributed by atoms with Crippen LogP contribution in [0.2, 0.25) is 0 Å². The lowest BCUT2D eigenvalue weighted by molar-refractivity contribution is -0.121. The number of aromatic amines is 1. The van der Waals surface area contributed by atoms with E-state index in [9.17, 15) is 19.5 Å². The zero-order chi connectivity index (χ0) is 27.0. The molecule has 2 heterocycles. The van der Waals surface area contributed by atoms with Crippen molar-refractivity contribution in [3.63, 3.8) is 0 Å². The number of fused-ring (bicyclic) bond motifs is 1. The predicted octanol–water partition coefficient (Wildman–Crippen LogP) is 4.03. The third kappa shape index (κ3) is 10.9. The van der Waals surface area contributed by atoms with Gasteiger partial charge in [-0.3, -0.25) is 19.1 Å². The Bertz CT molecular complexity index is 913. The van der Waals surface area contributed by atoms with Gasteiger partial charge < -0.3 is 20.2 Å². The molecule has 212 valence electrons. The average Bonchev–Trinajstić information content (AvgIpc) is 3.21. The molecule has 3 N–H and O–H groups in total. The summed E-state index contributed by atoms with van der Waals surface area (Å²) in [4.78, 5) is 42.4. The Morgan fingerprint density at radius 2 is 1.51 bits per heavy atom. The van der Waals surface area contributed by atoms with Crippen molar-refractivity contribution in [3.8, 4) is 0 Å². The van der Waals surface area contributed by atoms with Crippen molar-refractivity contribution in [1.29, 1.82) is 0 Å². The van der Waals surface area contributed by atoms with Crippen LogP contribution in [0.15, 0.2) is 9.59 Å². The van der Waals surface area contributed by atoms with E-state index in [2.05, 4.69) is 22.1 Å². The number of rotatable bonds is 20. The van der Waals surface area contributed by atoms with Gasteiger partial charge in [0.15, 0.2) is 0 Å². The highest BCUT2D eigenvalue weighted by Crippen LogP contribution is 2.29. The Morgan fingerprint density at radius 3 is 2.19 bits per heavy atom. The maximum Gasteiger partial charge on any atom is 0.329 e. The third-order valence-corrected chi connectivity index (χ3v) is 7.34. The van der Waals surface area contributed by atoms with Crippen LogP contribution in [0.4, 0.5) is 11.5 Å². The number of nitrogens with zero attached hydrogens (tertiary/aromatic N) is 3. The summed E-state index contributed by atoms with van der Waals surface area (Å²) in [6.07, 6.45) is 16.9. The lowest BCUT2D eigenvalue weighted by atomic mass is 10.1. The van der Waals surface area contributed by atoms with Gasteiger partial charge in [-0.1, -0.05) is 84.0 Å². The second kappa shape index (κ2) is 17.3. The molecule has 9 nitrogen and oxygen atoms in total. The van der Waals surface area contributed by atoms with Crippen molar-refractivity contribution in [2.75, 3.05) is 36.6 Å². The van der Waals surface area contributed by atoms with Crippen LogP contribution < -0.4 is 26.4 Å². The van der Waals surface area contributed by atoms with Gasteiger partial charge >= 0.3 is 5.69 Å². The van der Waals surface area contributed by atoms with Crippen molar-refractivity contribution in [2.24, 2.45) is 7.05 Å². The van der Waals surface area contributed by atoms with Gasteiger partial charge in [-0.05, 0) is 19.3 Å². The Kier molecular flexibility index (Phi) is 14.4. The fourth-order valence-electron chi connectivity index (χ4n) is 5.10. The molecule has 0 spiro atoms. The Morgan fingerprint density at radius 1 is 0.919 bits per heavy atom. The van der Waals surface area contributed by atoms with E-state index in [4.69, 9.17) is 0 Å². The van der Waals surface area contributed by atoms with Gasteiger partial charge in [0.25, 0.3) is 5.56 Å². The molecular weight excluding hydrogens is 470 g/mol. The zero-order valence-corrected chi connectivity index (χ0v) is 23.5. The Balaban J connectivity index is 1.45. The number of aromatic nitrogens is 2. The van der Waals surface area contributed by atoms with Gasteiger partial charge in [0.05, 0.1) is 12.8 Å². The maximum absolute atomic E-state index is 12.2. The molecule has 1 unspecified atom stereocenters. The topological polar surface area (TPSA) is 111 Å². The van der Waals surface area contributed by atoms with E-state index < -0.39 is 6.10 Å². The second-order valence-electron chi connectivity index (χ2n) is 10.7. The van der Waals surface area contributed by atoms with Crippen molar-refractivity contribution in [2.45, 2.75) is 116 Å². The van der Waals surface area contributed by atoms with Crippen LogP contribution in [0.3, 0.4) is 0 Å². The smallest absolute Gasteiger partial charge is 0.329 e. The first-order chi connectivity index (χ1) is 17.8. The zero-order valence-electron chi connectivity index (χ0n) is 23.5. The summed E-state index contributed by atoms with van der Waals surface area (Å²) in [5.74, 6) is 0.773. The van der Waals surface area contributed by atoms with Gasteiger partial charge in [0.2, 0.25) is 5.91 Å². The number of carbonyl (C=O) groups excluding carboxylic acids is 1. The number of unbranched alkanes of at least 4 members (excludes halogenated alkanes) is 12. The Labute approximate surface area is 222 Å². The number of hydrogen-bond donors (Lipinski definition) is 3. The molecule has 2 rings (SSSR count). The van der Waals surface area contributed by atoms with E-state index in [1.165, 1.54) is 43.1 Å². The molecular formula is C28H51N5O4. The number of carbonyl (C=O) groups is 1. The summed E-state index contributed by atoms with van der Waals surface area (Å²) in [6, 6.07) is 0. The van der Waals surface area contributed by atoms with Crippen LogP contribution in [0.25, 0.3) is 0 Å². The average molecular weight is 522 g/mol. The molecule has 0 saturated carbocycles. The fourth-order valence-corrected chi connectivity index (χ4v) is 5.10. The summed E-state index contributed by atoms with van der Waals surface area (Å²) in [5, 5.41) is 13.0. The van der Waals surface area contributed by atoms with Crippen LogP contribution in [0.5, 0.6) is 0 Å². The molecule has 1 atom stereocenters. The molecule has 0 saturated heterocycles. The van der Waals surface area contributed by atoms with Crippen LogP contribution in [-0.2, 0) is 11.8 Å². The van der Waals surface area contributed by atoms with Gasteiger partial charge in [-0.25, -0.2) is 4.79 Å². The monoisotopic (exact) mass is 521 g/mol. The first kappa shape index (κ1) is 30.9. The fraction of sp³-hybridized carbons (Fsp3) is 0.821. The summed E-state index contributed by atoms with van der Waals surface area (Å²) in [5.41, 5.74) is -0.129. The summed E-state index contributed by atoms with van der Waals surface area (Å²) in [7, 11) is 3.58. The highest BCUT2D eigenvalue weighted by molar-refractivity contribution is 5.75. The number of nitrogens with one attached hydrogen (secondary N) is 2. The molecule has 0 bridgehead atoms. The predicted molar refractivity (Wildman–Crippen MR) is 151 cm³/mol. The largest absolute Gasteiger partial charge is 0.391 e. The number of aliphatic hydroxyl groups excluding tert-OH is 1. The minimum atomic E-state index is -0.456. The highest BCUT2D eigenvalue weighted by Gasteiger charge is 2.28. The number of H-pyrrole nitrogens is 1. The minimum absolute atomic E-state index is 0.0608. The van der Waals surface area contributed by atoms with Gasteiger partial charge in [0.1, 0.15) is 11.5 Å². The van der Waals surface area contributed by atoms with E-state index in [1.54, 1.807) is 7.05 Å². The normalized spacial score (nSPS) is 13.7. The van der Waals surface area contributed by atoms with E-state index in [1.807, 2.05) is 11.9 Å². The van der Waals surface area contributed by atoms with E-state index in [-0.39, 0.29) is 17.2 Å². The van der Waals surface area contributed by atoms with Crippen LogP contribution in [0.1, 0.15) is 110 Å². The third-order valence-electron chi connectivity index (χ3n) is 7.34. The van der Waals surface area contributed by atoms with Gasteiger partial charge in [-0.2, -0.15) is 0 Å². The molecule has 0 aliphatic carbocycles. The van der Waals surface area contributed by atoms with Crippen molar-refractivity contribution >= 4 is 17.4 Å². The van der Waals surface area contributed by atoms with Gasteiger partial charge in [-0.15, -0.1) is 0 Å². The first-order valence-electron chi connectivity index (χ1n) is 14.6. The molecule has 1 amide bonds. The molecule has 1 aromatic heterocycles. The number of aliphatic hydroxyl groups is 1. The van der Waals surface area contributed by atoms with Crippen LogP contribution in [-0.4, -0.2) is 53.5 Å². The first-order valence-corrected chi connectivity index (χ1v) is 14.6. The minimum Gasteiger partial charge on any atom is -0.391 e. The standard InChI is InChI=1S/C28H51N5O4/c1-4-5-6-7-9-13-16-19-24(35)29-21-23(34)18-15-12-10-8-11-14-17-20-33-22-31(2)25-26(36)30-28(37)32(3)27(25)33/h23,34H,4-22H2,1-3H3,(H,29,35)(H,30,36,37). The lowest BCUT2D eigenvalue weighted by Crippen LogP contribution is -2.32. The molecule has 0 fully saturated rings. The molecule has 37 heavy (non-hydrogen) atoms. The summed E-state index contributed by atoms with van der Waals surface area (Å²) in [6.45, 7) is 4.03. The number of anilines is 2. The number of hydrogen-bond acceptors (Lipinski definition) is 6. The van der Waals surface area contributed by atoms with Gasteiger partial charge in [0, 0.05) is 33.6 Å². The van der Waals surface area contributed by atoms with E-state index in [0.29, 0.717) is 31.1 Å². The van der Waals surface area contributed by atoms with E-state index in [0.717, 1.165) is 64.3 Å². The molecule has 0 radical (unpaired) electrons. The lowest BCUT2D eigenvalue weighted by Gasteiger charge is -2.20. The highest BCUT2D eigenvalue weighted by atomic mass is 16.3. The molecule has 1 aliphatic rings. The van der Waals surface area contributed by atoms with Crippen LogP contribution >= 0.6 is 0 Å². The molecule has 0 aromatic carbocycles. The molecule has 1 aromatic rings. The van der Waals surface area contributed by atoms with E-state index >= 15 is 0 Å². The SMILES string of the molecule is CCCCCCCCCC(=O)NCC(O)CCCCCCCCCN1CN(C)c2c1n(C)c(=O)[nH]c2=O. The van der Waals surface area contributed by atoms with Crippen molar-refractivity contribution in [3.05, 3.63) is 20.8 Å². The summed E-state index contributed by atoms with van der Waals surface area (Å²) < 4.78 is 1.52. The van der Waals surface area contributed by atoms with Crippen molar-refractivity contribution in [1.82, 2.24) is 14.9 Å². The molecule has 9 heteroatoms. The van der Waals surface area contributed by atoms with Crippen molar-refractivity contribution < 1.29 is 9.90 Å². The maximum atomic E-state index is 12.2. The molecule has 1 aliphatic heterocycles. The van der Waals surface area contributed by atoms with Crippen LogP contribution in [0, 0.1) is 0 Å². The Hall–Kier alpha value is -2.29. The quantitative estimate of drug-likeness (QED) is 0.224.